The molecule has 2 heterocycles. The Morgan fingerprint density at radius 2 is 1.04 bits per heavy atom. The molecule has 0 aliphatic carbocycles. The standard InChI is InChI=1S/C52H30O2/c1-2-12-31(13-3-1)35-19-10-20-39-46(35)30-34-25-24-33(44-28-32-14-4-5-15-36(32)37-16-6-7-17-38(37)44)29-45(34)49(39)43-22-11-21-40-41-26-27-48-50(52(41)54-51(40)43)42-18-8-9-23-47(42)53-48/h1-30H/i1D,2D,3D,4D,5D,6D,7D,8D,9D,10D,11D,12D,13D,14D,15D,16D,17D,18D,19D,20D,21D,22D,23D,24D,25D,26D,27D,28D,29D. The molecule has 0 atom stereocenters. The number of furan rings is 2. The van der Waals surface area contributed by atoms with Crippen molar-refractivity contribution in [1.29, 1.82) is 0 Å². The van der Waals surface area contributed by atoms with Crippen LogP contribution in [0.4, 0.5) is 0 Å². The van der Waals surface area contributed by atoms with Crippen molar-refractivity contribution in [2.24, 2.45) is 0 Å². The molecule has 54 heavy (non-hydrogen) atoms. The Morgan fingerprint density at radius 3 is 1.93 bits per heavy atom. The Hall–Kier alpha value is -7.16. The van der Waals surface area contributed by atoms with Crippen molar-refractivity contribution in [3.8, 4) is 33.4 Å². The summed E-state index contributed by atoms with van der Waals surface area (Å²) in [6.07, 6.45) is 0. The average molecular weight is 716 g/mol. The SMILES string of the molecule is [2H]c1c([2H])c([2H])c(-c2c([2H])c([2H])c([2H])c3c(-c4c([2H])c([2H])c([2H])c5c4oc4c5c([2H])c([2H])c5oc6c([2H])c([2H])c([2H])c([2H])c6c54)c4c([2H])c(-c5c([2H])c6c([2H])c([2H])c([2H])c([2H])c6c6c([2H])c([2H])c([2H])c([2H])c56)c([2H])c([2H])c4cc23)c([2H])c1[2H]. The largest absolute Gasteiger partial charge is 0.456 e. The lowest BCUT2D eigenvalue weighted by molar-refractivity contribution is 0.663. The Bertz CT molecular complexity index is 5170. The summed E-state index contributed by atoms with van der Waals surface area (Å²) < 4.78 is 277. The van der Waals surface area contributed by atoms with Gasteiger partial charge in [-0.25, -0.2) is 0 Å². The van der Waals surface area contributed by atoms with Gasteiger partial charge in [0.15, 0.2) is 0 Å². The van der Waals surface area contributed by atoms with E-state index in [9.17, 15) is 16.4 Å². The highest BCUT2D eigenvalue weighted by Crippen LogP contribution is 2.47. The third-order valence-electron chi connectivity index (χ3n) is 9.29. The number of fused-ring (bicyclic) bond motifs is 12. The van der Waals surface area contributed by atoms with E-state index in [-0.39, 0.29) is 10.8 Å². The molecule has 0 fully saturated rings. The van der Waals surface area contributed by atoms with Crippen LogP contribution in [0.15, 0.2) is 190 Å². The summed E-state index contributed by atoms with van der Waals surface area (Å²) in [6, 6.07) is -24.6. The van der Waals surface area contributed by atoms with E-state index in [1.165, 1.54) is 0 Å². The molecule has 12 aromatic rings. The van der Waals surface area contributed by atoms with Crippen LogP contribution < -0.4 is 0 Å². The molecule has 0 radical (unpaired) electrons. The van der Waals surface area contributed by atoms with Crippen LogP contribution in [0.5, 0.6) is 0 Å². The normalized spacial score (nSPS) is 19.6. The van der Waals surface area contributed by atoms with Gasteiger partial charge in [0.25, 0.3) is 0 Å². The topological polar surface area (TPSA) is 26.3 Å². The molecular formula is C52H30O2. The highest BCUT2D eigenvalue weighted by atomic mass is 16.3. The summed E-state index contributed by atoms with van der Waals surface area (Å²) in [5.41, 5.74) is -6.57. The van der Waals surface area contributed by atoms with Crippen molar-refractivity contribution in [2.75, 3.05) is 0 Å². The quantitative estimate of drug-likeness (QED) is 0.134. The van der Waals surface area contributed by atoms with Gasteiger partial charge in [0.05, 0.1) is 45.1 Å². The van der Waals surface area contributed by atoms with Crippen molar-refractivity contribution in [2.45, 2.75) is 0 Å². The van der Waals surface area contributed by atoms with Crippen molar-refractivity contribution < 1.29 is 48.6 Å². The van der Waals surface area contributed by atoms with E-state index in [0.29, 0.717) is 0 Å². The summed E-state index contributed by atoms with van der Waals surface area (Å²) in [6.45, 7) is 0. The van der Waals surface area contributed by atoms with Gasteiger partial charge in [0.1, 0.15) is 22.3 Å². The summed E-state index contributed by atoms with van der Waals surface area (Å²) in [5, 5.41) is -6.49. The molecule has 0 saturated carbocycles. The number of benzene rings is 10. The second-order valence-electron chi connectivity index (χ2n) is 12.1. The molecular weight excluding hydrogens is 657 g/mol. The van der Waals surface area contributed by atoms with E-state index in [0.717, 1.165) is 6.07 Å². The summed E-state index contributed by atoms with van der Waals surface area (Å²) in [5.74, 6) is 0. The molecule has 0 N–H and O–H groups in total. The molecule has 0 spiro atoms. The van der Waals surface area contributed by atoms with E-state index in [4.69, 9.17) is 32.1 Å². The van der Waals surface area contributed by atoms with E-state index >= 15 is 0 Å². The van der Waals surface area contributed by atoms with Crippen molar-refractivity contribution in [1.82, 2.24) is 0 Å². The molecule has 0 aliphatic rings. The van der Waals surface area contributed by atoms with Crippen molar-refractivity contribution in [3.05, 3.63) is 181 Å². The van der Waals surface area contributed by atoms with E-state index in [2.05, 4.69) is 0 Å². The van der Waals surface area contributed by atoms with Crippen LogP contribution in [0, 0.1) is 0 Å². The maximum atomic E-state index is 10.4. The molecule has 0 aliphatic heterocycles. The first-order valence-electron chi connectivity index (χ1n) is 30.6. The first-order valence-corrected chi connectivity index (χ1v) is 16.1. The summed E-state index contributed by atoms with van der Waals surface area (Å²) >= 11 is 0. The van der Waals surface area contributed by atoms with Crippen LogP contribution in [0.25, 0.3) is 120 Å². The molecule has 12 rings (SSSR count). The van der Waals surface area contributed by atoms with Crippen LogP contribution >= 0.6 is 0 Å². The average Bonchev–Trinajstić information content (AvgIpc) is 1.92. The zero-order valence-electron chi connectivity index (χ0n) is 55.9. The molecule has 250 valence electrons. The zero-order chi connectivity index (χ0) is 60.6. The van der Waals surface area contributed by atoms with Gasteiger partial charge in [0, 0.05) is 27.3 Å². The van der Waals surface area contributed by atoms with Crippen molar-refractivity contribution >= 4 is 87.0 Å². The first-order chi connectivity index (χ1) is 38.9. The smallest absolute Gasteiger partial charge is 0.147 e. The van der Waals surface area contributed by atoms with E-state index in [1.807, 2.05) is 0 Å². The lowest BCUT2D eigenvalue weighted by atomic mass is 9.86. The molecule has 2 aromatic heterocycles. The zero-order valence-corrected chi connectivity index (χ0v) is 26.9. The Morgan fingerprint density at radius 1 is 0.333 bits per heavy atom. The van der Waals surface area contributed by atoms with Gasteiger partial charge in [-0.3, -0.25) is 0 Å². The predicted octanol–water partition coefficient (Wildman–Crippen LogP) is 15.1. The molecule has 0 bridgehead atoms. The molecule has 2 nitrogen and oxygen atoms in total. The highest BCUT2D eigenvalue weighted by Gasteiger charge is 2.22. The van der Waals surface area contributed by atoms with Gasteiger partial charge in [-0.1, -0.05) is 145 Å². The number of hydrogen-bond donors (Lipinski definition) is 0. The minimum atomic E-state index is -1.02. The Kier molecular flexibility index (Phi) is 2.70. The van der Waals surface area contributed by atoms with Crippen molar-refractivity contribution in [3.63, 3.8) is 0 Å². The van der Waals surface area contributed by atoms with Crippen LogP contribution in [0.1, 0.15) is 39.8 Å². The van der Waals surface area contributed by atoms with Crippen LogP contribution in [0.2, 0.25) is 0 Å². The third kappa shape index (κ3) is 4.17. The second-order valence-corrected chi connectivity index (χ2v) is 12.1. The van der Waals surface area contributed by atoms with E-state index in [1.54, 1.807) is 0 Å². The molecule has 2 heteroatoms. The third-order valence-corrected chi connectivity index (χ3v) is 9.29. The van der Waals surface area contributed by atoms with Crippen LogP contribution in [-0.4, -0.2) is 0 Å². The van der Waals surface area contributed by atoms with Crippen LogP contribution in [-0.2, 0) is 0 Å². The highest BCUT2D eigenvalue weighted by molar-refractivity contribution is 6.26. The van der Waals surface area contributed by atoms with E-state index < -0.39 is 285 Å². The lowest BCUT2D eigenvalue weighted by Gasteiger charge is -2.17. The molecule has 0 saturated heterocycles. The first kappa shape index (κ1) is 13.1. The van der Waals surface area contributed by atoms with Gasteiger partial charge in [0.2, 0.25) is 0 Å². The summed E-state index contributed by atoms with van der Waals surface area (Å²) in [4.78, 5) is 0. The maximum absolute atomic E-state index is 10.4. The fourth-order valence-corrected chi connectivity index (χ4v) is 7.01. The van der Waals surface area contributed by atoms with Crippen LogP contribution in [0.3, 0.4) is 0 Å². The number of para-hydroxylation sites is 2. The molecule has 10 aromatic carbocycles. The predicted molar refractivity (Wildman–Crippen MR) is 227 cm³/mol. The molecule has 0 unspecified atom stereocenters. The van der Waals surface area contributed by atoms with Gasteiger partial charge >= 0.3 is 0 Å². The second kappa shape index (κ2) is 11.2. The minimum absolute atomic E-state index is 0.341. The van der Waals surface area contributed by atoms with Gasteiger partial charge in [-0.15, -0.1) is 0 Å². The minimum Gasteiger partial charge on any atom is -0.456 e. The molecule has 0 amide bonds. The number of hydrogen-bond acceptors (Lipinski definition) is 2. The van der Waals surface area contributed by atoms with Gasteiger partial charge < -0.3 is 8.83 Å². The maximum Gasteiger partial charge on any atom is 0.147 e. The summed E-state index contributed by atoms with van der Waals surface area (Å²) in [7, 11) is 0. The monoisotopic (exact) mass is 715 g/mol. The number of rotatable bonds is 3. The van der Waals surface area contributed by atoms with Gasteiger partial charge in [-0.2, -0.15) is 0 Å². The fourth-order valence-electron chi connectivity index (χ4n) is 7.01. The Labute approximate surface area is 350 Å². The lowest BCUT2D eigenvalue weighted by Crippen LogP contribution is -1.90. The Balaban J connectivity index is 1.41. The van der Waals surface area contributed by atoms with Gasteiger partial charge in [-0.05, 0) is 102 Å². The fraction of sp³-hybridized carbons (Fsp3) is 0.